The molecule has 1 saturated carbocycles. The molecular formula is C18H27ClN4S. The summed E-state index contributed by atoms with van der Waals surface area (Å²) in [6.45, 7) is 4.59. The van der Waals surface area contributed by atoms with Gasteiger partial charge in [-0.25, -0.2) is 0 Å². The second-order valence-electron chi connectivity index (χ2n) is 7.05. The monoisotopic (exact) mass is 366 g/mol. The Morgan fingerprint density at radius 2 is 2.08 bits per heavy atom. The van der Waals surface area contributed by atoms with Crippen LogP contribution in [0.15, 0.2) is 24.5 Å². The summed E-state index contributed by atoms with van der Waals surface area (Å²) >= 11 is 1.92. The van der Waals surface area contributed by atoms with Crippen LogP contribution in [0.3, 0.4) is 0 Å². The Morgan fingerprint density at radius 3 is 2.83 bits per heavy atom. The van der Waals surface area contributed by atoms with E-state index in [1.54, 1.807) is 0 Å². The largest absolute Gasteiger partial charge is 0.314 e. The van der Waals surface area contributed by atoms with Gasteiger partial charge in [0.15, 0.2) is 0 Å². The van der Waals surface area contributed by atoms with Crippen LogP contribution in [0.2, 0.25) is 0 Å². The molecular weight excluding hydrogens is 340 g/mol. The number of nitrogens with zero attached hydrogens (tertiary/aromatic N) is 3. The highest BCUT2D eigenvalue weighted by molar-refractivity contribution is 7.15. The van der Waals surface area contributed by atoms with Crippen LogP contribution < -0.4 is 5.32 Å². The van der Waals surface area contributed by atoms with E-state index in [-0.39, 0.29) is 12.4 Å². The molecule has 132 valence electrons. The van der Waals surface area contributed by atoms with Crippen molar-refractivity contribution in [3.8, 4) is 10.4 Å². The van der Waals surface area contributed by atoms with E-state index in [1.165, 1.54) is 60.5 Å². The normalized spacial score (nSPS) is 20.9. The number of rotatable bonds is 3. The molecule has 3 heterocycles. The standard InChI is InChI=1S/C18H26N4S.ClH/c1-21-12-15(11-20-21)17-6-5-16(23-17)13-22-10-9-19-14-18(22)7-3-2-4-8-18;/h5-6,11-12,19H,2-4,7-10,13-14H2,1H3;1H. The van der Waals surface area contributed by atoms with Crippen molar-refractivity contribution in [1.82, 2.24) is 20.0 Å². The lowest BCUT2D eigenvalue weighted by molar-refractivity contribution is 0.0217. The molecule has 0 atom stereocenters. The van der Waals surface area contributed by atoms with Crippen molar-refractivity contribution in [3.63, 3.8) is 0 Å². The molecule has 1 aliphatic heterocycles. The SMILES string of the molecule is Cl.Cn1cc(-c2ccc(CN3CCNCC34CCCCC4)s2)cn1. The number of aromatic nitrogens is 2. The van der Waals surface area contributed by atoms with Crippen molar-refractivity contribution < 1.29 is 0 Å². The van der Waals surface area contributed by atoms with E-state index in [9.17, 15) is 0 Å². The first-order valence-corrected chi connectivity index (χ1v) is 9.60. The summed E-state index contributed by atoms with van der Waals surface area (Å²) in [4.78, 5) is 5.58. The van der Waals surface area contributed by atoms with Crippen molar-refractivity contribution in [2.75, 3.05) is 19.6 Å². The van der Waals surface area contributed by atoms with Gasteiger partial charge in [0.25, 0.3) is 0 Å². The molecule has 0 radical (unpaired) electrons. The number of hydrogen-bond acceptors (Lipinski definition) is 4. The number of thiophene rings is 1. The maximum atomic E-state index is 4.29. The molecule has 1 aliphatic carbocycles. The summed E-state index contributed by atoms with van der Waals surface area (Å²) in [6, 6.07) is 4.57. The van der Waals surface area contributed by atoms with E-state index >= 15 is 0 Å². The molecule has 1 N–H and O–H groups in total. The third-order valence-corrected chi connectivity index (χ3v) is 6.58. The predicted molar refractivity (Wildman–Crippen MR) is 103 cm³/mol. The Bertz CT molecular complexity index is 651. The number of piperazine rings is 1. The predicted octanol–water partition coefficient (Wildman–Crippen LogP) is 3.68. The van der Waals surface area contributed by atoms with Crippen LogP contribution in [0, 0.1) is 0 Å². The average Bonchev–Trinajstić information content (AvgIpc) is 3.20. The van der Waals surface area contributed by atoms with Crippen LogP contribution in [-0.2, 0) is 13.6 Å². The molecule has 2 aromatic rings. The molecule has 0 unspecified atom stereocenters. The summed E-state index contributed by atoms with van der Waals surface area (Å²) in [6.07, 6.45) is 11.0. The second-order valence-corrected chi connectivity index (χ2v) is 8.22. The summed E-state index contributed by atoms with van der Waals surface area (Å²) in [5, 5.41) is 7.94. The lowest BCUT2D eigenvalue weighted by Gasteiger charge is -2.49. The van der Waals surface area contributed by atoms with Gasteiger partial charge in [-0.2, -0.15) is 5.10 Å². The Labute approximate surface area is 154 Å². The van der Waals surface area contributed by atoms with Gasteiger partial charge in [0, 0.05) is 60.3 Å². The third-order valence-electron chi connectivity index (χ3n) is 5.47. The Kier molecular flexibility index (Phi) is 5.65. The number of halogens is 1. The summed E-state index contributed by atoms with van der Waals surface area (Å²) in [5.41, 5.74) is 1.64. The molecule has 0 amide bonds. The van der Waals surface area contributed by atoms with Gasteiger partial charge in [0.2, 0.25) is 0 Å². The summed E-state index contributed by atoms with van der Waals surface area (Å²) in [5.74, 6) is 0. The first-order valence-electron chi connectivity index (χ1n) is 8.79. The van der Waals surface area contributed by atoms with E-state index in [0.29, 0.717) is 5.54 Å². The molecule has 2 fully saturated rings. The van der Waals surface area contributed by atoms with Crippen molar-refractivity contribution in [3.05, 3.63) is 29.4 Å². The van der Waals surface area contributed by atoms with Crippen LogP contribution in [0.1, 0.15) is 37.0 Å². The zero-order chi connectivity index (χ0) is 15.7. The molecule has 24 heavy (non-hydrogen) atoms. The minimum absolute atomic E-state index is 0. The fourth-order valence-corrected chi connectivity index (χ4v) is 5.19. The van der Waals surface area contributed by atoms with Crippen LogP contribution in [0.5, 0.6) is 0 Å². The van der Waals surface area contributed by atoms with Gasteiger partial charge in [-0.1, -0.05) is 19.3 Å². The molecule has 4 rings (SSSR count). The Morgan fingerprint density at radius 1 is 1.25 bits per heavy atom. The molecule has 1 saturated heterocycles. The van der Waals surface area contributed by atoms with Crippen LogP contribution in [-0.4, -0.2) is 39.9 Å². The molecule has 6 heteroatoms. The van der Waals surface area contributed by atoms with Crippen LogP contribution in [0.25, 0.3) is 10.4 Å². The van der Waals surface area contributed by atoms with Crippen molar-refractivity contribution in [2.24, 2.45) is 7.05 Å². The van der Waals surface area contributed by atoms with E-state index in [2.05, 4.69) is 33.6 Å². The van der Waals surface area contributed by atoms with Gasteiger partial charge in [-0.15, -0.1) is 23.7 Å². The quantitative estimate of drug-likeness (QED) is 0.899. The molecule has 2 aromatic heterocycles. The van der Waals surface area contributed by atoms with Gasteiger partial charge >= 0.3 is 0 Å². The molecule has 1 spiro atoms. The lowest BCUT2D eigenvalue weighted by Crippen LogP contribution is -2.61. The van der Waals surface area contributed by atoms with Crippen molar-refractivity contribution >= 4 is 23.7 Å². The minimum atomic E-state index is 0. The number of aryl methyl sites for hydroxylation is 1. The van der Waals surface area contributed by atoms with Crippen molar-refractivity contribution in [1.29, 1.82) is 0 Å². The number of nitrogens with one attached hydrogen (secondary N) is 1. The van der Waals surface area contributed by atoms with Gasteiger partial charge in [0.1, 0.15) is 0 Å². The van der Waals surface area contributed by atoms with Crippen LogP contribution >= 0.6 is 23.7 Å². The maximum absolute atomic E-state index is 4.29. The van der Waals surface area contributed by atoms with E-state index in [4.69, 9.17) is 0 Å². The smallest absolute Gasteiger partial charge is 0.0576 e. The summed E-state index contributed by atoms with van der Waals surface area (Å²) < 4.78 is 1.88. The zero-order valence-corrected chi connectivity index (χ0v) is 16.0. The highest BCUT2D eigenvalue weighted by Crippen LogP contribution is 2.37. The average molecular weight is 367 g/mol. The Balaban J connectivity index is 0.00000169. The first kappa shape index (κ1) is 17.9. The fraction of sp³-hybridized carbons (Fsp3) is 0.611. The van der Waals surface area contributed by atoms with Gasteiger partial charge in [0.05, 0.1) is 6.20 Å². The zero-order valence-electron chi connectivity index (χ0n) is 14.3. The maximum Gasteiger partial charge on any atom is 0.0576 e. The van der Waals surface area contributed by atoms with Crippen LogP contribution in [0.4, 0.5) is 0 Å². The molecule has 0 bridgehead atoms. The molecule has 4 nitrogen and oxygen atoms in total. The third kappa shape index (κ3) is 3.54. The first-order chi connectivity index (χ1) is 11.3. The summed E-state index contributed by atoms with van der Waals surface area (Å²) in [7, 11) is 1.98. The van der Waals surface area contributed by atoms with Gasteiger partial charge in [-0.3, -0.25) is 9.58 Å². The minimum Gasteiger partial charge on any atom is -0.314 e. The van der Waals surface area contributed by atoms with E-state index in [0.717, 1.165) is 13.1 Å². The van der Waals surface area contributed by atoms with E-state index in [1.807, 2.05) is 29.3 Å². The fourth-order valence-electron chi connectivity index (χ4n) is 4.19. The Hall–Kier alpha value is -0.880. The highest BCUT2D eigenvalue weighted by Gasteiger charge is 2.39. The second kappa shape index (κ2) is 7.56. The highest BCUT2D eigenvalue weighted by atomic mass is 35.5. The van der Waals surface area contributed by atoms with E-state index < -0.39 is 0 Å². The molecule has 0 aromatic carbocycles. The van der Waals surface area contributed by atoms with Gasteiger partial charge in [-0.05, 0) is 25.0 Å². The van der Waals surface area contributed by atoms with Crippen molar-refractivity contribution in [2.45, 2.75) is 44.2 Å². The van der Waals surface area contributed by atoms with Gasteiger partial charge < -0.3 is 5.32 Å². The number of hydrogen-bond donors (Lipinski definition) is 1. The topological polar surface area (TPSA) is 33.1 Å². The lowest BCUT2D eigenvalue weighted by atomic mass is 9.79. The molecule has 2 aliphatic rings.